The monoisotopic (exact) mass is 206 g/mol. The highest BCUT2D eigenvalue weighted by atomic mass is 15.3. The number of rotatable bonds is 2. The molecule has 0 bridgehead atoms. The van der Waals surface area contributed by atoms with Crippen LogP contribution in [0.3, 0.4) is 0 Å². The number of hydrogen-bond donors (Lipinski definition) is 0. The van der Waals surface area contributed by atoms with E-state index >= 15 is 0 Å². The minimum atomic E-state index is 0.553. The topological polar surface area (TPSA) is 17.8 Å². The molecule has 0 aliphatic heterocycles. The van der Waals surface area contributed by atoms with Crippen LogP contribution in [0.5, 0.6) is 0 Å². The van der Waals surface area contributed by atoms with E-state index in [-0.39, 0.29) is 0 Å². The normalized spacial score (nSPS) is 19.4. The Labute approximate surface area is 92.7 Å². The Hall–Kier alpha value is -0.790. The summed E-state index contributed by atoms with van der Waals surface area (Å²) in [6, 6.07) is 2.84. The van der Waals surface area contributed by atoms with Gasteiger partial charge in [-0.1, -0.05) is 39.5 Å². The predicted octanol–water partition coefficient (Wildman–Crippen LogP) is 3.90. The molecule has 1 aliphatic carbocycles. The molecule has 1 heterocycles. The van der Waals surface area contributed by atoms with E-state index in [9.17, 15) is 0 Å². The smallest absolute Gasteiger partial charge is 0.0650 e. The lowest BCUT2D eigenvalue weighted by Crippen LogP contribution is -2.09. The minimum Gasteiger partial charge on any atom is -0.269 e. The molecule has 1 fully saturated rings. The second kappa shape index (κ2) is 4.82. The number of hydrogen-bond acceptors (Lipinski definition) is 1. The maximum atomic E-state index is 4.69. The summed E-state index contributed by atoms with van der Waals surface area (Å²) in [5, 5.41) is 4.69. The quantitative estimate of drug-likeness (QED) is 0.671. The van der Waals surface area contributed by atoms with E-state index in [0.29, 0.717) is 12.0 Å². The van der Waals surface area contributed by atoms with Crippen LogP contribution in [0.1, 0.15) is 70.0 Å². The number of nitrogens with zero attached hydrogens (tertiary/aromatic N) is 2. The van der Waals surface area contributed by atoms with E-state index in [2.05, 4.69) is 30.8 Å². The summed E-state index contributed by atoms with van der Waals surface area (Å²) in [7, 11) is 0. The molecule has 2 heteroatoms. The lowest BCUT2D eigenvalue weighted by atomic mass is 10.1. The van der Waals surface area contributed by atoms with Gasteiger partial charge in [0.25, 0.3) is 0 Å². The maximum Gasteiger partial charge on any atom is 0.0650 e. The van der Waals surface area contributed by atoms with E-state index in [0.717, 1.165) is 0 Å². The molecule has 2 nitrogen and oxygen atoms in total. The molecule has 0 saturated heterocycles. The Morgan fingerprint density at radius 3 is 2.40 bits per heavy atom. The first-order valence-corrected chi connectivity index (χ1v) is 6.32. The van der Waals surface area contributed by atoms with E-state index in [1.165, 1.54) is 44.2 Å². The Balaban J connectivity index is 2.06. The van der Waals surface area contributed by atoms with Crippen LogP contribution in [0.25, 0.3) is 0 Å². The van der Waals surface area contributed by atoms with E-state index in [1.54, 1.807) is 0 Å². The average molecular weight is 206 g/mol. The lowest BCUT2D eigenvalue weighted by molar-refractivity contribution is 0.402. The molecule has 1 aromatic heterocycles. The van der Waals surface area contributed by atoms with Crippen molar-refractivity contribution in [1.29, 1.82) is 0 Å². The molecule has 1 aromatic rings. The molecule has 0 N–H and O–H groups in total. The zero-order valence-electron chi connectivity index (χ0n) is 9.95. The fourth-order valence-electron chi connectivity index (χ4n) is 2.39. The summed E-state index contributed by atoms with van der Waals surface area (Å²) in [5.41, 5.74) is 1.24. The van der Waals surface area contributed by atoms with Crippen LogP contribution in [0.2, 0.25) is 0 Å². The molecule has 0 unspecified atom stereocenters. The molecule has 84 valence electrons. The third kappa shape index (κ3) is 2.61. The van der Waals surface area contributed by atoms with Crippen molar-refractivity contribution in [3.63, 3.8) is 0 Å². The second-order valence-corrected chi connectivity index (χ2v) is 5.02. The van der Waals surface area contributed by atoms with Crippen LogP contribution < -0.4 is 0 Å². The molecular formula is C13H22N2. The first kappa shape index (κ1) is 10.7. The molecule has 1 aliphatic rings. The van der Waals surface area contributed by atoms with Crippen LogP contribution in [0.15, 0.2) is 12.3 Å². The average Bonchev–Trinajstić information content (AvgIpc) is 2.55. The zero-order chi connectivity index (χ0) is 10.7. The molecule has 0 amide bonds. The highest BCUT2D eigenvalue weighted by Crippen LogP contribution is 2.27. The summed E-state index contributed by atoms with van der Waals surface area (Å²) < 4.78 is 2.21. The van der Waals surface area contributed by atoms with Crippen molar-refractivity contribution in [3.8, 4) is 0 Å². The third-order valence-electron chi connectivity index (χ3n) is 3.42. The second-order valence-electron chi connectivity index (χ2n) is 5.02. The van der Waals surface area contributed by atoms with Gasteiger partial charge in [-0.3, -0.25) is 4.68 Å². The molecular weight excluding hydrogens is 184 g/mol. The Morgan fingerprint density at radius 1 is 1.20 bits per heavy atom. The Morgan fingerprint density at radius 2 is 1.87 bits per heavy atom. The lowest BCUT2D eigenvalue weighted by Gasteiger charge is -2.14. The van der Waals surface area contributed by atoms with Crippen LogP contribution >= 0.6 is 0 Å². The van der Waals surface area contributed by atoms with Gasteiger partial charge in [-0.15, -0.1) is 0 Å². The summed E-state index contributed by atoms with van der Waals surface area (Å²) in [4.78, 5) is 0. The van der Waals surface area contributed by atoms with Crippen molar-refractivity contribution in [3.05, 3.63) is 18.0 Å². The summed E-state index contributed by atoms with van der Waals surface area (Å²) in [6.07, 6.45) is 10.4. The van der Waals surface area contributed by atoms with Crippen molar-refractivity contribution >= 4 is 0 Å². The van der Waals surface area contributed by atoms with Crippen LogP contribution in [-0.2, 0) is 0 Å². The van der Waals surface area contributed by atoms with Gasteiger partial charge in [0.05, 0.1) is 11.7 Å². The predicted molar refractivity (Wildman–Crippen MR) is 63.1 cm³/mol. The van der Waals surface area contributed by atoms with Gasteiger partial charge < -0.3 is 0 Å². The van der Waals surface area contributed by atoms with Crippen LogP contribution in [0, 0.1) is 0 Å². The minimum absolute atomic E-state index is 0.553. The summed E-state index contributed by atoms with van der Waals surface area (Å²) >= 11 is 0. The summed E-state index contributed by atoms with van der Waals surface area (Å²) in [6.45, 7) is 4.42. The molecule has 0 radical (unpaired) electrons. The first-order chi connectivity index (χ1) is 7.27. The molecule has 0 atom stereocenters. The fourth-order valence-corrected chi connectivity index (χ4v) is 2.39. The maximum absolute atomic E-state index is 4.69. The number of aromatic nitrogens is 2. The van der Waals surface area contributed by atoms with Crippen molar-refractivity contribution in [2.75, 3.05) is 0 Å². The van der Waals surface area contributed by atoms with Gasteiger partial charge in [0.1, 0.15) is 0 Å². The van der Waals surface area contributed by atoms with Crippen molar-refractivity contribution in [2.24, 2.45) is 0 Å². The van der Waals surface area contributed by atoms with E-state index in [4.69, 9.17) is 5.10 Å². The van der Waals surface area contributed by atoms with Crippen molar-refractivity contribution < 1.29 is 0 Å². The van der Waals surface area contributed by atoms with E-state index < -0.39 is 0 Å². The van der Waals surface area contributed by atoms with E-state index in [1.807, 2.05) is 0 Å². The SMILES string of the molecule is CC(C)c1ccn(C2CCCCCC2)n1. The fraction of sp³-hybridized carbons (Fsp3) is 0.769. The van der Waals surface area contributed by atoms with Gasteiger partial charge in [-0.05, 0) is 24.8 Å². The van der Waals surface area contributed by atoms with Crippen molar-refractivity contribution in [2.45, 2.75) is 64.3 Å². The molecule has 0 spiro atoms. The van der Waals surface area contributed by atoms with Gasteiger partial charge in [-0.2, -0.15) is 5.10 Å². The van der Waals surface area contributed by atoms with Gasteiger partial charge >= 0.3 is 0 Å². The van der Waals surface area contributed by atoms with Gasteiger partial charge in [-0.25, -0.2) is 0 Å². The highest BCUT2D eigenvalue weighted by molar-refractivity contribution is 5.04. The molecule has 2 rings (SSSR count). The Kier molecular flexibility index (Phi) is 3.45. The van der Waals surface area contributed by atoms with Gasteiger partial charge in [0.15, 0.2) is 0 Å². The summed E-state index contributed by atoms with van der Waals surface area (Å²) in [5.74, 6) is 0.553. The van der Waals surface area contributed by atoms with Gasteiger partial charge in [0, 0.05) is 6.20 Å². The third-order valence-corrected chi connectivity index (χ3v) is 3.42. The highest BCUT2D eigenvalue weighted by Gasteiger charge is 2.15. The van der Waals surface area contributed by atoms with Crippen molar-refractivity contribution in [1.82, 2.24) is 9.78 Å². The molecule has 15 heavy (non-hydrogen) atoms. The van der Waals surface area contributed by atoms with Crippen LogP contribution in [0.4, 0.5) is 0 Å². The molecule has 0 aromatic carbocycles. The van der Waals surface area contributed by atoms with Crippen LogP contribution in [-0.4, -0.2) is 9.78 Å². The molecule has 1 saturated carbocycles. The largest absolute Gasteiger partial charge is 0.269 e. The standard InChI is InChI=1S/C13H22N2/c1-11(2)13-9-10-15(14-13)12-7-5-3-4-6-8-12/h9-12H,3-8H2,1-2H3. The van der Waals surface area contributed by atoms with Gasteiger partial charge in [0.2, 0.25) is 0 Å². The first-order valence-electron chi connectivity index (χ1n) is 6.32. The zero-order valence-corrected chi connectivity index (χ0v) is 9.95. The Bertz CT molecular complexity index is 293.